The van der Waals surface area contributed by atoms with E-state index >= 15 is 0 Å². The smallest absolute Gasteiger partial charge is 0.326 e. The Morgan fingerprint density at radius 2 is 1.96 bits per heavy atom. The molecule has 0 saturated heterocycles. The van der Waals surface area contributed by atoms with Crippen molar-refractivity contribution in [3.63, 3.8) is 0 Å². The molecular weight excluding hydrogens is 298 g/mol. The molecule has 0 radical (unpaired) electrons. The Hall–Kier alpha value is -2.70. The number of aromatic nitrogens is 2. The molecule has 1 aromatic carbocycles. The van der Waals surface area contributed by atoms with E-state index in [4.69, 9.17) is 4.74 Å². The van der Waals surface area contributed by atoms with Gasteiger partial charge in [-0.1, -0.05) is 12.1 Å². The molecular formula is C16H19N3O4. The number of esters is 1. The summed E-state index contributed by atoms with van der Waals surface area (Å²) in [6.45, 7) is 4.80. The lowest BCUT2D eigenvalue weighted by Crippen LogP contribution is -2.43. The fourth-order valence-corrected chi connectivity index (χ4v) is 2.00. The molecule has 2 aromatic rings. The normalized spacial score (nSPS) is 11.3. The van der Waals surface area contributed by atoms with Crippen molar-refractivity contribution >= 4 is 22.8 Å². The Morgan fingerprint density at radius 3 is 2.65 bits per heavy atom. The molecule has 0 bridgehead atoms. The maximum absolute atomic E-state index is 12.2. The molecule has 7 heteroatoms. The fourth-order valence-electron chi connectivity index (χ4n) is 2.00. The van der Waals surface area contributed by atoms with Crippen molar-refractivity contribution < 1.29 is 14.3 Å². The third-order valence-electron chi connectivity index (χ3n) is 2.91. The third kappa shape index (κ3) is 4.64. The summed E-state index contributed by atoms with van der Waals surface area (Å²) in [5.74, 6) is -1.07. The van der Waals surface area contributed by atoms with Crippen LogP contribution in [-0.4, -0.2) is 33.6 Å². The standard InChI is InChI=1S/C16H19N3O4/c1-16(2,3)18-13(20)9-23-14(21)8-19-10-17-12-7-5-4-6-11(12)15(19)22/h4-7,10H,8-9H2,1-3H3,(H,18,20). The van der Waals surface area contributed by atoms with Crippen LogP contribution in [-0.2, 0) is 20.9 Å². The molecule has 0 unspecified atom stereocenters. The third-order valence-corrected chi connectivity index (χ3v) is 2.91. The number of hydrogen-bond donors (Lipinski definition) is 1. The number of carbonyl (C=O) groups excluding carboxylic acids is 2. The van der Waals surface area contributed by atoms with Crippen LogP contribution in [0.1, 0.15) is 20.8 Å². The lowest BCUT2D eigenvalue weighted by Gasteiger charge is -2.20. The maximum Gasteiger partial charge on any atom is 0.326 e. The zero-order chi connectivity index (χ0) is 17.0. The van der Waals surface area contributed by atoms with Crippen LogP contribution in [0.25, 0.3) is 10.9 Å². The molecule has 0 aliphatic heterocycles. The molecule has 23 heavy (non-hydrogen) atoms. The van der Waals surface area contributed by atoms with Gasteiger partial charge in [-0.25, -0.2) is 4.98 Å². The first-order valence-corrected chi connectivity index (χ1v) is 7.17. The zero-order valence-corrected chi connectivity index (χ0v) is 13.3. The summed E-state index contributed by atoms with van der Waals surface area (Å²) in [7, 11) is 0. The van der Waals surface area contributed by atoms with Crippen molar-refractivity contribution in [3.05, 3.63) is 40.9 Å². The Morgan fingerprint density at radius 1 is 1.26 bits per heavy atom. The van der Waals surface area contributed by atoms with Gasteiger partial charge in [0.1, 0.15) is 6.54 Å². The summed E-state index contributed by atoms with van der Waals surface area (Å²) >= 11 is 0. The number of ether oxygens (including phenoxy) is 1. The first-order valence-electron chi connectivity index (χ1n) is 7.17. The number of para-hydroxylation sites is 1. The molecule has 122 valence electrons. The molecule has 7 nitrogen and oxygen atoms in total. The summed E-state index contributed by atoms with van der Waals surface area (Å²) in [4.78, 5) is 39.7. The van der Waals surface area contributed by atoms with Gasteiger partial charge in [0, 0.05) is 5.54 Å². The quantitative estimate of drug-likeness (QED) is 0.845. The van der Waals surface area contributed by atoms with Gasteiger partial charge in [0.25, 0.3) is 11.5 Å². The second-order valence-corrected chi connectivity index (χ2v) is 6.15. The van der Waals surface area contributed by atoms with E-state index in [-0.39, 0.29) is 18.7 Å². The molecule has 0 atom stereocenters. The van der Waals surface area contributed by atoms with Crippen LogP contribution in [0.5, 0.6) is 0 Å². The van der Waals surface area contributed by atoms with Gasteiger partial charge < -0.3 is 10.1 Å². The number of rotatable bonds is 4. The number of nitrogens with zero attached hydrogens (tertiary/aromatic N) is 2. The van der Waals surface area contributed by atoms with E-state index in [9.17, 15) is 14.4 Å². The van der Waals surface area contributed by atoms with Crippen molar-refractivity contribution in [3.8, 4) is 0 Å². The van der Waals surface area contributed by atoms with Gasteiger partial charge in [-0.05, 0) is 32.9 Å². The van der Waals surface area contributed by atoms with E-state index in [1.807, 2.05) is 20.8 Å². The van der Waals surface area contributed by atoms with Crippen molar-refractivity contribution in [2.24, 2.45) is 0 Å². The van der Waals surface area contributed by atoms with Gasteiger partial charge in [0.15, 0.2) is 6.61 Å². The Balaban J connectivity index is 2.00. The lowest BCUT2D eigenvalue weighted by atomic mass is 10.1. The summed E-state index contributed by atoms with van der Waals surface area (Å²) in [5.41, 5.74) is -0.166. The first kappa shape index (κ1) is 16.7. The molecule has 0 spiro atoms. The zero-order valence-electron chi connectivity index (χ0n) is 13.3. The average Bonchev–Trinajstić information content (AvgIpc) is 2.47. The average molecular weight is 317 g/mol. The summed E-state index contributed by atoms with van der Waals surface area (Å²) < 4.78 is 6.04. The predicted octanol–water partition coefficient (Wildman–Crippen LogP) is 0.854. The van der Waals surface area contributed by atoms with E-state index in [1.54, 1.807) is 24.3 Å². The number of amides is 1. The predicted molar refractivity (Wildman–Crippen MR) is 84.9 cm³/mol. The van der Waals surface area contributed by atoms with Crippen LogP contribution in [0.4, 0.5) is 0 Å². The lowest BCUT2D eigenvalue weighted by molar-refractivity contribution is -0.149. The SMILES string of the molecule is CC(C)(C)NC(=O)COC(=O)Cn1cnc2ccccc2c1=O. The molecule has 1 heterocycles. The highest BCUT2D eigenvalue weighted by Gasteiger charge is 2.15. The Labute approximate surface area is 133 Å². The molecule has 0 fully saturated rings. The highest BCUT2D eigenvalue weighted by atomic mass is 16.5. The van der Waals surface area contributed by atoms with E-state index in [1.165, 1.54) is 6.33 Å². The van der Waals surface area contributed by atoms with Crippen molar-refractivity contribution in [1.82, 2.24) is 14.9 Å². The maximum atomic E-state index is 12.2. The summed E-state index contributed by atoms with van der Waals surface area (Å²) in [5, 5.41) is 3.10. The highest BCUT2D eigenvalue weighted by Crippen LogP contribution is 2.04. The van der Waals surface area contributed by atoms with Gasteiger partial charge in [0.05, 0.1) is 17.2 Å². The largest absolute Gasteiger partial charge is 0.454 e. The summed E-state index contributed by atoms with van der Waals surface area (Å²) in [6.07, 6.45) is 1.29. The Kier molecular flexibility index (Phi) is 4.78. The molecule has 1 aromatic heterocycles. The van der Waals surface area contributed by atoms with E-state index in [2.05, 4.69) is 10.3 Å². The van der Waals surface area contributed by atoms with Crippen LogP contribution >= 0.6 is 0 Å². The monoisotopic (exact) mass is 317 g/mol. The highest BCUT2D eigenvalue weighted by molar-refractivity contribution is 5.81. The number of carbonyl (C=O) groups is 2. The van der Waals surface area contributed by atoms with Gasteiger partial charge in [-0.15, -0.1) is 0 Å². The van der Waals surface area contributed by atoms with Gasteiger partial charge >= 0.3 is 5.97 Å². The van der Waals surface area contributed by atoms with E-state index < -0.39 is 17.4 Å². The Bertz CT molecular complexity index is 790. The van der Waals surface area contributed by atoms with E-state index in [0.29, 0.717) is 10.9 Å². The molecule has 0 aliphatic rings. The number of hydrogen-bond acceptors (Lipinski definition) is 5. The number of fused-ring (bicyclic) bond motifs is 1. The molecule has 1 N–H and O–H groups in total. The number of benzene rings is 1. The minimum atomic E-state index is -0.673. The fraction of sp³-hybridized carbons (Fsp3) is 0.375. The minimum absolute atomic E-state index is 0.292. The van der Waals surface area contributed by atoms with Gasteiger partial charge in [-0.3, -0.25) is 19.0 Å². The number of nitrogens with one attached hydrogen (secondary N) is 1. The van der Waals surface area contributed by atoms with E-state index in [0.717, 1.165) is 4.57 Å². The van der Waals surface area contributed by atoms with Crippen LogP contribution in [0, 0.1) is 0 Å². The van der Waals surface area contributed by atoms with Crippen molar-refractivity contribution in [2.45, 2.75) is 32.9 Å². The molecule has 0 aliphatic carbocycles. The molecule has 1 amide bonds. The first-order chi connectivity index (χ1) is 10.8. The summed E-state index contributed by atoms with van der Waals surface area (Å²) in [6, 6.07) is 6.87. The van der Waals surface area contributed by atoms with Crippen LogP contribution in [0.3, 0.4) is 0 Å². The second-order valence-electron chi connectivity index (χ2n) is 6.15. The van der Waals surface area contributed by atoms with Gasteiger partial charge in [0.2, 0.25) is 0 Å². The van der Waals surface area contributed by atoms with Crippen LogP contribution in [0.2, 0.25) is 0 Å². The molecule has 0 saturated carbocycles. The van der Waals surface area contributed by atoms with Crippen LogP contribution in [0.15, 0.2) is 35.4 Å². The topological polar surface area (TPSA) is 90.3 Å². The van der Waals surface area contributed by atoms with Gasteiger partial charge in [-0.2, -0.15) is 0 Å². The molecule has 2 rings (SSSR count). The van der Waals surface area contributed by atoms with Crippen molar-refractivity contribution in [2.75, 3.05) is 6.61 Å². The second kappa shape index (κ2) is 6.60. The minimum Gasteiger partial charge on any atom is -0.454 e. The van der Waals surface area contributed by atoms with Crippen molar-refractivity contribution in [1.29, 1.82) is 0 Å². The van der Waals surface area contributed by atoms with Crippen LogP contribution < -0.4 is 10.9 Å².